The third kappa shape index (κ3) is 0.838. The highest BCUT2D eigenvalue weighted by molar-refractivity contribution is 5.79. The Kier molecular flexibility index (Phi) is 1.37. The molecule has 3 fully saturated rings. The molecule has 0 amide bonds. The van der Waals surface area contributed by atoms with Crippen molar-refractivity contribution in [2.45, 2.75) is 39.5 Å². The van der Waals surface area contributed by atoms with Crippen LogP contribution in [-0.2, 0) is 4.79 Å². The van der Waals surface area contributed by atoms with Crippen molar-refractivity contribution in [3.63, 3.8) is 0 Å². The van der Waals surface area contributed by atoms with Crippen LogP contribution < -0.4 is 0 Å². The van der Waals surface area contributed by atoms with Crippen molar-refractivity contribution in [3.8, 4) is 0 Å². The Morgan fingerprint density at radius 3 is 2.25 bits per heavy atom. The van der Waals surface area contributed by atoms with Crippen LogP contribution in [0.4, 0.5) is 0 Å². The number of carboxylic acid groups (broad SMARTS) is 1. The van der Waals surface area contributed by atoms with E-state index < -0.39 is 5.97 Å². The van der Waals surface area contributed by atoms with Gasteiger partial charge in [0.25, 0.3) is 0 Å². The number of carbonyl (C=O) groups is 1. The predicted molar refractivity (Wildman–Crippen MR) is 45.8 cm³/mol. The van der Waals surface area contributed by atoms with Crippen molar-refractivity contribution in [2.24, 2.45) is 16.7 Å². The van der Waals surface area contributed by atoms with E-state index >= 15 is 0 Å². The highest BCUT2D eigenvalue weighted by Crippen LogP contribution is 2.75. The normalized spacial score (nSPS) is 43.6. The Bertz CT molecular complexity index is 210. The first-order chi connectivity index (χ1) is 5.48. The molecule has 0 aromatic heterocycles. The van der Waals surface area contributed by atoms with E-state index in [1.165, 1.54) is 6.42 Å². The summed E-state index contributed by atoms with van der Waals surface area (Å²) in [6.45, 7) is 4.43. The molecule has 1 N–H and O–H groups in total. The Hall–Kier alpha value is -0.530. The van der Waals surface area contributed by atoms with Gasteiger partial charge in [0.15, 0.2) is 0 Å². The van der Waals surface area contributed by atoms with Crippen LogP contribution >= 0.6 is 0 Å². The lowest BCUT2D eigenvalue weighted by molar-refractivity contribution is -0.227. The monoisotopic (exact) mass is 168 g/mol. The summed E-state index contributed by atoms with van der Waals surface area (Å²) in [6, 6.07) is 0. The first-order valence-corrected chi connectivity index (χ1v) is 4.72. The summed E-state index contributed by atoms with van der Waals surface area (Å²) in [5, 5.41) is 8.88. The number of rotatable bonds is 3. The van der Waals surface area contributed by atoms with Crippen molar-refractivity contribution in [2.75, 3.05) is 0 Å². The van der Waals surface area contributed by atoms with Gasteiger partial charge < -0.3 is 5.11 Å². The Labute approximate surface area is 73.0 Å². The summed E-state index contributed by atoms with van der Waals surface area (Å²) < 4.78 is 0. The Morgan fingerprint density at radius 1 is 1.42 bits per heavy atom. The van der Waals surface area contributed by atoms with E-state index in [0.29, 0.717) is 5.41 Å². The molecule has 3 rings (SSSR count). The average molecular weight is 168 g/mol. The highest BCUT2D eigenvalue weighted by Gasteiger charge is 2.71. The average Bonchev–Trinajstić information content (AvgIpc) is 1.72. The van der Waals surface area contributed by atoms with Gasteiger partial charge in [0.05, 0.1) is 5.41 Å². The molecule has 68 valence electrons. The van der Waals surface area contributed by atoms with Gasteiger partial charge in [-0.3, -0.25) is 4.79 Å². The second-order valence-electron chi connectivity index (χ2n) is 5.21. The van der Waals surface area contributed by atoms with Gasteiger partial charge in [-0.1, -0.05) is 13.8 Å². The number of carboxylic acids is 1. The summed E-state index contributed by atoms with van der Waals surface area (Å²) in [7, 11) is 0. The molecule has 2 bridgehead atoms. The smallest absolute Gasteiger partial charge is 0.309 e. The molecule has 3 aliphatic carbocycles. The van der Waals surface area contributed by atoms with E-state index in [1.54, 1.807) is 0 Å². The van der Waals surface area contributed by atoms with Gasteiger partial charge in [-0.25, -0.2) is 0 Å². The molecular formula is C10H16O2. The minimum absolute atomic E-state index is 0.269. The second kappa shape index (κ2) is 2.04. The molecule has 0 aliphatic heterocycles. The Balaban J connectivity index is 1.91. The van der Waals surface area contributed by atoms with E-state index in [-0.39, 0.29) is 5.41 Å². The fraction of sp³-hybridized carbons (Fsp3) is 0.900. The fourth-order valence-electron chi connectivity index (χ4n) is 3.31. The van der Waals surface area contributed by atoms with Gasteiger partial charge in [0.2, 0.25) is 0 Å². The third-order valence-corrected chi connectivity index (χ3v) is 3.44. The molecule has 2 heteroatoms. The minimum Gasteiger partial charge on any atom is -0.481 e. The van der Waals surface area contributed by atoms with Crippen molar-refractivity contribution in [3.05, 3.63) is 0 Å². The zero-order chi connectivity index (χ0) is 8.98. The molecule has 3 aliphatic rings. The van der Waals surface area contributed by atoms with Crippen LogP contribution in [0.5, 0.6) is 0 Å². The van der Waals surface area contributed by atoms with Crippen molar-refractivity contribution >= 4 is 5.97 Å². The molecule has 0 heterocycles. The van der Waals surface area contributed by atoms with Crippen LogP contribution in [0.2, 0.25) is 0 Å². The quantitative estimate of drug-likeness (QED) is 0.702. The van der Waals surface area contributed by atoms with Crippen LogP contribution in [0.3, 0.4) is 0 Å². The van der Waals surface area contributed by atoms with Gasteiger partial charge in [-0.2, -0.15) is 0 Å². The molecule has 0 radical (unpaired) electrons. The van der Waals surface area contributed by atoms with E-state index in [2.05, 4.69) is 13.8 Å². The summed E-state index contributed by atoms with van der Waals surface area (Å²) in [4.78, 5) is 10.8. The topological polar surface area (TPSA) is 37.3 Å². The fourth-order valence-corrected chi connectivity index (χ4v) is 3.31. The lowest BCUT2D eigenvalue weighted by atomic mass is 9.34. The van der Waals surface area contributed by atoms with Gasteiger partial charge in [0.1, 0.15) is 0 Å². The van der Waals surface area contributed by atoms with Gasteiger partial charge in [-0.05, 0) is 37.0 Å². The molecule has 0 atom stereocenters. The van der Waals surface area contributed by atoms with Crippen LogP contribution in [-0.4, -0.2) is 11.1 Å². The summed E-state index contributed by atoms with van der Waals surface area (Å²) >= 11 is 0. The zero-order valence-corrected chi connectivity index (χ0v) is 7.76. The van der Waals surface area contributed by atoms with Gasteiger partial charge in [-0.15, -0.1) is 0 Å². The largest absolute Gasteiger partial charge is 0.481 e. The second-order valence-corrected chi connectivity index (χ2v) is 5.21. The molecule has 12 heavy (non-hydrogen) atoms. The zero-order valence-electron chi connectivity index (χ0n) is 7.76. The summed E-state index contributed by atoms with van der Waals surface area (Å²) in [5.74, 6) is 0.158. The SMILES string of the molecule is CC(C)CC12CC(C(=O)O)(C1)C2. The number of hydrogen-bond acceptors (Lipinski definition) is 1. The van der Waals surface area contributed by atoms with E-state index in [9.17, 15) is 4.79 Å². The van der Waals surface area contributed by atoms with Crippen molar-refractivity contribution < 1.29 is 9.90 Å². The maximum Gasteiger partial charge on any atom is 0.309 e. The maximum absolute atomic E-state index is 10.8. The molecular weight excluding hydrogens is 152 g/mol. The maximum atomic E-state index is 10.8. The van der Waals surface area contributed by atoms with Crippen LogP contribution in [0.1, 0.15) is 39.5 Å². The van der Waals surface area contributed by atoms with Crippen LogP contribution in [0.15, 0.2) is 0 Å². The highest BCUT2D eigenvalue weighted by atomic mass is 16.4. The van der Waals surface area contributed by atoms with Crippen molar-refractivity contribution in [1.82, 2.24) is 0 Å². The lowest BCUT2D eigenvalue weighted by Gasteiger charge is -2.69. The first-order valence-electron chi connectivity index (χ1n) is 4.72. The van der Waals surface area contributed by atoms with Crippen LogP contribution in [0.25, 0.3) is 0 Å². The third-order valence-electron chi connectivity index (χ3n) is 3.44. The standard InChI is InChI=1S/C10H16O2/c1-7(2)3-9-4-10(5-9,6-9)8(11)12/h7H,3-6H2,1-2H3,(H,11,12). The molecule has 0 aromatic carbocycles. The molecule has 0 spiro atoms. The Morgan fingerprint density at radius 2 is 1.92 bits per heavy atom. The number of aliphatic carboxylic acids is 1. The van der Waals surface area contributed by atoms with E-state index in [4.69, 9.17) is 5.11 Å². The molecule has 0 aromatic rings. The van der Waals surface area contributed by atoms with E-state index in [0.717, 1.165) is 25.2 Å². The van der Waals surface area contributed by atoms with Gasteiger partial charge >= 0.3 is 5.97 Å². The number of hydrogen-bond donors (Lipinski definition) is 1. The predicted octanol–water partition coefficient (Wildman–Crippen LogP) is 2.29. The molecule has 3 saturated carbocycles. The molecule has 0 unspecified atom stereocenters. The summed E-state index contributed by atoms with van der Waals surface area (Å²) in [5.41, 5.74) is 0.182. The minimum atomic E-state index is -0.562. The molecule has 0 saturated heterocycles. The van der Waals surface area contributed by atoms with Crippen molar-refractivity contribution in [1.29, 1.82) is 0 Å². The van der Waals surface area contributed by atoms with Gasteiger partial charge in [0, 0.05) is 0 Å². The first kappa shape index (κ1) is 8.09. The molecule has 2 nitrogen and oxygen atoms in total. The lowest BCUT2D eigenvalue weighted by Crippen LogP contribution is -2.65. The van der Waals surface area contributed by atoms with E-state index in [1.807, 2.05) is 0 Å². The van der Waals surface area contributed by atoms with Crippen LogP contribution in [0, 0.1) is 16.7 Å². The summed E-state index contributed by atoms with van der Waals surface area (Å²) in [6.07, 6.45) is 4.08.